The summed E-state index contributed by atoms with van der Waals surface area (Å²) in [5.74, 6) is -0.865. The van der Waals surface area contributed by atoms with Gasteiger partial charge in [-0.15, -0.1) is 0 Å². The van der Waals surface area contributed by atoms with Crippen LogP contribution in [-0.2, 0) is 9.59 Å². The van der Waals surface area contributed by atoms with E-state index in [-0.39, 0.29) is 18.9 Å². The van der Waals surface area contributed by atoms with Crippen LogP contribution in [0, 0.1) is 0 Å². The van der Waals surface area contributed by atoms with Gasteiger partial charge in [-0.1, -0.05) is 0 Å². The van der Waals surface area contributed by atoms with E-state index < -0.39 is 17.9 Å². The molecule has 0 spiro atoms. The van der Waals surface area contributed by atoms with E-state index in [1.165, 1.54) is 6.33 Å². The fraction of sp³-hybridized carbons (Fsp3) is 0.556. The number of carboxylic acid groups (broad SMARTS) is 1. The third kappa shape index (κ3) is 4.19. The van der Waals surface area contributed by atoms with E-state index in [1.807, 2.05) is 0 Å². The van der Waals surface area contributed by atoms with Crippen molar-refractivity contribution in [3.8, 4) is 0 Å². The summed E-state index contributed by atoms with van der Waals surface area (Å²) in [5, 5.41) is 17.4. The van der Waals surface area contributed by atoms with E-state index >= 15 is 0 Å². The zero-order valence-corrected chi connectivity index (χ0v) is 9.38. The van der Waals surface area contributed by atoms with Gasteiger partial charge in [0.05, 0.1) is 12.1 Å². The molecule has 1 amide bonds. The first-order valence-electron chi connectivity index (χ1n) is 5.13. The number of nitrogens with zero attached hydrogens (tertiary/aromatic N) is 2. The number of aromatic nitrogens is 3. The van der Waals surface area contributed by atoms with Crippen molar-refractivity contribution in [2.45, 2.75) is 31.8 Å². The fourth-order valence-electron chi connectivity index (χ4n) is 1.22. The molecule has 8 nitrogen and oxygen atoms in total. The van der Waals surface area contributed by atoms with Gasteiger partial charge in [-0.05, 0) is 13.3 Å². The van der Waals surface area contributed by atoms with Crippen LogP contribution in [0.3, 0.4) is 0 Å². The Morgan fingerprint density at radius 3 is 2.88 bits per heavy atom. The van der Waals surface area contributed by atoms with Gasteiger partial charge in [-0.3, -0.25) is 14.7 Å². The van der Waals surface area contributed by atoms with Crippen LogP contribution in [0.1, 0.15) is 31.6 Å². The van der Waals surface area contributed by atoms with Crippen molar-refractivity contribution >= 4 is 11.9 Å². The molecule has 1 aromatic heterocycles. The minimum atomic E-state index is -0.975. The van der Waals surface area contributed by atoms with Crippen LogP contribution < -0.4 is 11.1 Å². The molecule has 1 aromatic rings. The number of hydrogen-bond donors (Lipinski definition) is 4. The number of rotatable bonds is 6. The molecular weight excluding hydrogens is 226 g/mol. The maximum absolute atomic E-state index is 11.6. The zero-order chi connectivity index (χ0) is 12.8. The average Bonchev–Trinajstić information content (AvgIpc) is 2.78. The summed E-state index contributed by atoms with van der Waals surface area (Å²) in [5.41, 5.74) is 5.55. The fourth-order valence-corrected chi connectivity index (χ4v) is 1.22. The van der Waals surface area contributed by atoms with E-state index in [0.717, 1.165) is 0 Å². The van der Waals surface area contributed by atoms with Crippen molar-refractivity contribution in [2.24, 2.45) is 5.73 Å². The third-order valence-electron chi connectivity index (χ3n) is 2.21. The predicted molar refractivity (Wildman–Crippen MR) is 57.8 cm³/mol. The number of hydrogen-bond acceptors (Lipinski definition) is 5. The normalized spacial score (nSPS) is 14.0. The van der Waals surface area contributed by atoms with Crippen molar-refractivity contribution in [2.75, 3.05) is 0 Å². The number of nitrogens with two attached hydrogens (primary N) is 1. The van der Waals surface area contributed by atoms with Crippen LogP contribution in [0.5, 0.6) is 0 Å². The SMILES string of the molecule is CC(NC(=O)C(N)CCC(=O)O)c1ncn[nH]1. The Morgan fingerprint density at radius 2 is 2.35 bits per heavy atom. The quantitative estimate of drug-likeness (QED) is 0.513. The second-order valence-electron chi connectivity index (χ2n) is 3.64. The molecule has 2 unspecified atom stereocenters. The van der Waals surface area contributed by atoms with Crippen LogP contribution in [0.15, 0.2) is 6.33 Å². The number of aromatic amines is 1. The molecule has 0 aliphatic rings. The average molecular weight is 241 g/mol. The van der Waals surface area contributed by atoms with Gasteiger partial charge >= 0.3 is 5.97 Å². The molecule has 0 saturated carbocycles. The third-order valence-corrected chi connectivity index (χ3v) is 2.21. The molecule has 5 N–H and O–H groups in total. The number of aliphatic carboxylic acids is 1. The lowest BCUT2D eigenvalue weighted by Gasteiger charge is -2.15. The van der Waals surface area contributed by atoms with Gasteiger partial charge in [0.25, 0.3) is 0 Å². The standard InChI is InChI=1S/C9H15N5O3/c1-5(8-11-4-12-14-8)13-9(17)6(10)2-3-7(15)16/h4-6H,2-3,10H2,1H3,(H,13,17)(H,15,16)(H,11,12,14). The van der Waals surface area contributed by atoms with Crippen molar-refractivity contribution in [1.29, 1.82) is 0 Å². The Bertz CT molecular complexity index is 378. The Morgan fingerprint density at radius 1 is 1.65 bits per heavy atom. The van der Waals surface area contributed by atoms with Crippen molar-refractivity contribution in [1.82, 2.24) is 20.5 Å². The largest absolute Gasteiger partial charge is 0.481 e. The number of carbonyl (C=O) groups excluding carboxylic acids is 1. The molecule has 0 aromatic carbocycles. The highest BCUT2D eigenvalue weighted by Crippen LogP contribution is 2.05. The summed E-state index contributed by atoms with van der Waals surface area (Å²) >= 11 is 0. The Hall–Kier alpha value is -1.96. The first-order valence-corrected chi connectivity index (χ1v) is 5.13. The van der Waals surface area contributed by atoms with Gasteiger partial charge in [0.2, 0.25) is 5.91 Å². The molecule has 1 rings (SSSR count). The van der Waals surface area contributed by atoms with Crippen molar-refractivity contribution < 1.29 is 14.7 Å². The lowest BCUT2D eigenvalue weighted by atomic mass is 10.1. The maximum atomic E-state index is 11.6. The second kappa shape index (κ2) is 5.94. The molecule has 0 saturated heterocycles. The van der Waals surface area contributed by atoms with Crippen molar-refractivity contribution in [3.63, 3.8) is 0 Å². The van der Waals surface area contributed by atoms with Crippen LogP contribution in [0.25, 0.3) is 0 Å². The van der Waals surface area contributed by atoms with Crippen LogP contribution in [0.2, 0.25) is 0 Å². The number of carbonyl (C=O) groups is 2. The highest BCUT2D eigenvalue weighted by Gasteiger charge is 2.18. The number of carboxylic acids is 1. The van der Waals surface area contributed by atoms with Gasteiger partial charge < -0.3 is 16.2 Å². The highest BCUT2D eigenvalue weighted by atomic mass is 16.4. The second-order valence-corrected chi connectivity index (χ2v) is 3.64. The Kier molecular flexibility index (Phi) is 4.58. The number of amides is 1. The van der Waals surface area contributed by atoms with Gasteiger partial charge in [-0.2, -0.15) is 5.10 Å². The molecule has 8 heteroatoms. The van der Waals surface area contributed by atoms with E-state index in [1.54, 1.807) is 6.92 Å². The lowest BCUT2D eigenvalue weighted by molar-refractivity contribution is -0.137. The van der Waals surface area contributed by atoms with Gasteiger partial charge in [0, 0.05) is 6.42 Å². The zero-order valence-electron chi connectivity index (χ0n) is 9.38. The topological polar surface area (TPSA) is 134 Å². The molecule has 1 heterocycles. The molecule has 2 atom stereocenters. The molecule has 0 aliphatic carbocycles. The van der Waals surface area contributed by atoms with Crippen LogP contribution in [-0.4, -0.2) is 38.2 Å². The molecule has 0 bridgehead atoms. The highest BCUT2D eigenvalue weighted by molar-refractivity contribution is 5.82. The molecule has 0 aliphatic heterocycles. The minimum Gasteiger partial charge on any atom is -0.481 e. The van der Waals surface area contributed by atoms with E-state index in [9.17, 15) is 9.59 Å². The van der Waals surface area contributed by atoms with E-state index in [0.29, 0.717) is 5.82 Å². The lowest BCUT2D eigenvalue weighted by Crippen LogP contribution is -2.42. The minimum absolute atomic E-state index is 0.101. The smallest absolute Gasteiger partial charge is 0.303 e. The predicted octanol–water partition coefficient (Wildman–Crippen LogP) is -0.826. The molecular formula is C9H15N5O3. The van der Waals surface area contributed by atoms with E-state index in [4.69, 9.17) is 10.8 Å². The van der Waals surface area contributed by atoms with Gasteiger partial charge in [0.15, 0.2) is 0 Å². The summed E-state index contributed by atoms with van der Waals surface area (Å²) in [7, 11) is 0. The molecule has 94 valence electrons. The number of nitrogens with one attached hydrogen (secondary N) is 2. The monoisotopic (exact) mass is 241 g/mol. The Balaban J connectivity index is 2.40. The summed E-state index contributed by atoms with van der Waals surface area (Å²) in [6, 6.07) is -1.18. The van der Waals surface area contributed by atoms with Crippen molar-refractivity contribution in [3.05, 3.63) is 12.2 Å². The molecule has 17 heavy (non-hydrogen) atoms. The van der Waals surface area contributed by atoms with Gasteiger partial charge in [-0.25, -0.2) is 4.98 Å². The molecule has 0 fully saturated rings. The maximum Gasteiger partial charge on any atom is 0.303 e. The first kappa shape index (κ1) is 13.1. The summed E-state index contributed by atoms with van der Waals surface area (Å²) in [4.78, 5) is 25.8. The summed E-state index contributed by atoms with van der Waals surface area (Å²) < 4.78 is 0. The molecule has 0 radical (unpaired) electrons. The summed E-state index contributed by atoms with van der Waals surface area (Å²) in [6.45, 7) is 1.72. The van der Waals surface area contributed by atoms with Gasteiger partial charge in [0.1, 0.15) is 12.2 Å². The number of H-pyrrole nitrogens is 1. The first-order chi connectivity index (χ1) is 8.00. The summed E-state index contributed by atoms with van der Waals surface area (Å²) in [6.07, 6.45) is 1.30. The Labute approximate surface area is 97.6 Å². The van der Waals surface area contributed by atoms with Crippen LogP contribution in [0.4, 0.5) is 0 Å². The van der Waals surface area contributed by atoms with Crippen LogP contribution >= 0.6 is 0 Å². The van der Waals surface area contributed by atoms with E-state index in [2.05, 4.69) is 20.5 Å².